The lowest BCUT2D eigenvalue weighted by Gasteiger charge is -1.94. The van der Waals surface area contributed by atoms with Gasteiger partial charge in [0.05, 0.1) is 0 Å². The van der Waals surface area contributed by atoms with Gasteiger partial charge in [-0.05, 0) is 12.1 Å². The third-order valence-corrected chi connectivity index (χ3v) is 2.15. The van der Waals surface area contributed by atoms with Crippen LogP contribution < -0.4 is 0 Å². The van der Waals surface area contributed by atoms with Gasteiger partial charge in [-0.2, -0.15) is 0 Å². The first-order valence-electron chi connectivity index (χ1n) is 2.75. The third-order valence-electron chi connectivity index (χ3n) is 0.948. The van der Waals surface area contributed by atoms with Gasteiger partial charge in [0.15, 0.2) is 0 Å². The van der Waals surface area contributed by atoms with Crippen LogP contribution in [0.2, 0.25) is 0 Å². The van der Waals surface area contributed by atoms with Crippen molar-refractivity contribution in [2.45, 2.75) is 4.90 Å². The highest BCUT2D eigenvalue weighted by Crippen LogP contribution is 2.20. The summed E-state index contributed by atoms with van der Waals surface area (Å²) in [5.74, 6) is 0. The van der Waals surface area contributed by atoms with Crippen LogP contribution in [-0.4, -0.2) is 3.53 Å². The summed E-state index contributed by atoms with van der Waals surface area (Å²) in [4.78, 5) is 1.14. The first-order valence-corrected chi connectivity index (χ1v) is 4.42. The molecule has 0 spiro atoms. The van der Waals surface area contributed by atoms with E-state index >= 15 is 0 Å². The molecule has 0 nitrogen and oxygen atoms in total. The SMILES string of the molecule is S=C(S)Sc1ccccc1. The second kappa shape index (κ2) is 4.01. The summed E-state index contributed by atoms with van der Waals surface area (Å²) < 4.78 is 0.659. The van der Waals surface area contributed by atoms with Crippen LogP contribution in [0.3, 0.4) is 0 Å². The van der Waals surface area contributed by atoms with E-state index in [9.17, 15) is 0 Å². The summed E-state index contributed by atoms with van der Waals surface area (Å²) in [5.41, 5.74) is 0. The molecule has 3 heteroatoms. The molecule has 0 saturated carbocycles. The van der Waals surface area contributed by atoms with Crippen LogP contribution >= 0.6 is 36.6 Å². The van der Waals surface area contributed by atoms with Crippen molar-refractivity contribution in [1.29, 1.82) is 0 Å². The smallest absolute Gasteiger partial charge is 0.105 e. The predicted molar refractivity (Wildman–Crippen MR) is 53.9 cm³/mol. The Bertz CT molecular complexity index is 218. The lowest BCUT2D eigenvalue weighted by molar-refractivity contribution is 1.48. The molecule has 0 saturated heterocycles. The highest BCUT2D eigenvalue weighted by Gasteiger charge is 1.91. The summed E-state index contributed by atoms with van der Waals surface area (Å²) in [7, 11) is 0. The maximum atomic E-state index is 4.80. The minimum Gasteiger partial charge on any atom is -0.125 e. The van der Waals surface area contributed by atoms with Gasteiger partial charge in [-0.25, -0.2) is 0 Å². The number of thioether (sulfide) groups is 1. The van der Waals surface area contributed by atoms with Crippen LogP contribution in [0.25, 0.3) is 0 Å². The van der Waals surface area contributed by atoms with Gasteiger partial charge in [0.1, 0.15) is 3.53 Å². The Labute approximate surface area is 75.4 Å². The standard InChI is InChI=1S/C7H6S3/c8-7(9)10-6-4-2-1-3-5-6/h1-5H,(H,8,9). The lowest BCUT2D eigenvalue weighted by atomic mass is 10.4. The lowest BCUT2D eigenvalue weighted by Crippen LogP contribution is -1.72. The Hall–Kier alpha value is 0.01000. The van der Waals surface area contributed by atoms with E-state index in [1.807, 2.05) is 30.3 Å². The molecular weight excluding hydrogens is 180 g/mol. The van der Waals surface area contributed by atoms with Crippen LogP contribution in [0.4, 0.5) is 0 Å². The van der Waals surface area contributed by atoms with E-state index in [0.29, 0.717) is 3.53 Å². The molecule has 1 rings (SSSR count). The first-order chi connectivity index (χ1) is 4.79. The van der Waals surface area contributed by atoms with E-state index < -0.39 is 0 Å². The zero-order valence-corrected chi connectivity index (χ0v) is 7.68. The molecule has 0 bridgehead atoms. The van der Waals surface area contributed by atoms with Gasteiger partial charge < -0.3 is 0 Å². The van der Waals surface area contributed by atoms with E-state index in [4.69, 9.17) is 12.2 Å². The Morgan fingerprint density at radius 2 is 1.90 bits per heavy atom. The summed E-state index contributed by atoms with van der Waals surface area (Å²) in [6, 6.07) is 9.95. The molecular formula is C7H6S3. The zero-order valence-electron chi connectivity index (χ0n) is 5.15. The summed E-state index contributed by atoms with van der Waals surface area (Å²) in [5, 5.41) is 0. The average molecular weight is 186 g/mol. The molecule has 0 amide bonds. The Morgan fingerprint density at radius 1 is 1.30 bits per heavy atom. The first kappa shape index (κ1) is 8.11. The molecule has 0 N–H and O–H groups in total. The van der Waals surface area contributed by atoms with E-state index in [-0.39, 0.29) is 0 Å². The topological polar surface area (TPSA) is 0 Å². The fourth-order valence-electron chi connectivity index (χ4n) is 0.589. The summed E-state index contributed by atoms with van der Waals surface area (Å²) >= 11 is 10.3. The maximum absolute atomic E-state index is 4.80. The quantitative estimate of drug-likeness (QED) is 0.407. The number of hydrogen-bond donors (Lipinski definition) is 1. The normalized spacial score (nSPS) is 9.30. The number of hydrogen-bond acceptors (Lipinski definition) is 2. The number of rotatable bonds is 1. The van der Waals surface area contributed by atoms with Crippen molar-refractivity contribution in [3.8, 4) is 0 Å². The number of thiocarbonyl (C=S) groups is 1. The highest BCUT2D eigenvalue weighted by atomic mass is 32.2. The molecule has 0 aromatic heterocycles. The van der Waals surface area contributed by atoms with Gasteiger partial charge in [0.2, 0.25) is 0 Å². The molecule has 0 aliphatic rings. The molecule has 1 aromatic rings. The molecule has 0 radical (unpaired) electrons. The van der Waals surface area contributed by atoms with Gasteiger partial charge >= 0.3 is 0 Å². The molecule has 0 fully saturated rings. The van der Waals surface area contributed by atoms with Crippen LogP contribution in [0.1, 0.15) is 0 Å². The Morgan fingerprint density at radius 3 is 2.40 bits per heavy atom. The van der Waals surface area contributed by atoms with Gasteiger partial charge in [-0.3, -0.25) is 0 Å². The predicted octanol–water partition coefficient (Wildman–Crippen LogP) is 2.99. The monoisotopic (exact) mass is 186 g/mol. The second-order valence-electron chi connectivity index (χ2n) is 1.68. The van der Waals surface area contributed by atoms with Gasteiger partial charge in [0.25, 0.3) is 0 Å². The third kappa shape index (κ3) is 2.73. The van der Waals surface area contributed by atoms with E-state index in [1.165, 1.54) is 11.8 Å². The van der Waals surface area contributed by atoms with Crippen molar-refractivity contribution in [2.75, 3.05) is 0 Å². The summed E-state index contributed by atoms with van der Waals surface area (Å²) in [6.07, 6.45) is 0. The molecule has 0 atom stereocenters. The van der Waals surface area contributed by atoms with Crippen molar-refractivity contribution in [3.05, 3.63) is 30.3 Å². The number of thiol groups is 1. The van der Waals surface area contributed by atoms with Gasteiger partial charge in [-0.15, -0.1) is 12.6 Å². The second-order valence-corrected chi connectivity index (χ2v) is 4.48. The molecule has 0 aliphatic carbocycles. The van der Waals surface area contributed by atoms with Gasteiger partial charge in [-0.1, -0.05) is 42.2 Å². The largest absolute Gasteiger partial charge is 0.125 e. The molecule has 0 unspecified atom stereocenters. The minimum atomic E-state index is 0.659. The molecule has 0 heterocycles. The van der Waals surface area contributed by atoms with E-state index in [1.54, 1.807) is 0 Å². The van der Waals surface area contributed by atoms with Crippen molar-refractivity contribution in [3.63, 3.8) is 0 Å². The Kier molecular flexibility index (Phi) is 3.25. The van der Waals surface area contributed by atoms with Crippen LogP contribution in [0, 0.1) is 0 Å². The average Bonchev–Trinajstić information content (AvgIpc) is 1.88. The summed E-state index contributed by atoms with van der Waals surface area (Å²) in [6.45, 7) is 0. The van der Waals surface area contributed by atoms with E-state index in [0.717, 1.165) is 4.90 Å². The van der Waals surface area contributed by atoms with Crippen molar-refractivity contribution >= 4 is 40.1 Å². The van der Waals surface area contributed by atoms with Gasteiger partial charge in [0, 0.05) is 4.90 Å². The highest BCUT2D eigenvalue weighted by molar-refractivity contribution is 8.41. The minimum absolute atomic E-state index is 0.659. The zero-order chi connectivity index (χ0) is 7.40. The fourth-order valence-corrected chi connectivity index (χ4v) is 1.69. The Balaban J connectivity index is 2.67. The van der Waals surface area contributed by atoms with Crippen LogP contribution in [0.5, 0.6) is 0 Å². The van der Waals surface area contributed by atoms with Crippen molar-refractivity contribution < 1.29 is 0 Å². The number of benzene rings is 1. The molecule has 52 valence electrons. The van der Waals surface area contributed by atoms with E-state index in [2.05, 4.69) is 12.6 Å². The molecule has 10 heavy (non-hydrogen) atoms. The maximum Gasteiger partial charge on any atom is 0.105 e. The van der Waals surface area contributed by atoms with Crippen molar-refractivity contribution in [2.24, 2.45) is 0 Å². The fraction of sp³-hybridized carbons (Fsp3) is 0. The molecule has 0 aliphatic heterocycles. The molecule has 1 aromatic carbocycles. The van der Waals surface area contributed by atoms with Crippen LogP contribution in [0.15, 0.2) is 35.2 Å². The van der Waals surface area contributed by atoms with Crippen LogP contribution in [-0.2, 0) is 0 Å². The van der Waals surface area contributed by atoms with Crippen molar-refractivity contribution in [1.82, 2.24) is 0 Å².